The number of likely N-dealkylation sites (tertiary alicyclic amines) is 1. The Hall–Kier alpha value is -2.62. The monoisotopic (exact) mass is 520 g/mol. The van der Waals surface area contributed by atoms with Crippen molar-refractivity contribution in [3.05, 3.63) is 90.0 Å². The molecule has 0 spiro atoms. The number of allylic oxidation sites excluding steroid dienone is 2. The third kappa shape index (κ3) is 6.38. The summed E-state index contributed by atoms with van der Waals surface area (Å²) in [6.07, 6.45) is 5.28. The van der Waals surface area contributed by atoms with Gasteiger partial charge in [-0.05, 0) is 56.0 Å². The third-order valence-corrected chi connectivity index (χ3v) is 8.96. The highest BCUT2D eigenvalue weighted by Gasteiger charge is 2.41. The molecule has 1 atom stereocenters. The van der Waals surface area contributed by atoms with Gasteiger partial charge in [0.25, 0.3) is 0 Å². The molecule has 0 aromatic heterocycles. The molecule has 5 nitrogen and oxygen atoms in total. The lowest BCUT2D eigenvalue weighted by Crippen LogP contribution is -2.46. The minimum Gasteiger partial charge on any atom is -0.406 e. The van der Waals surface area contributed by atoms with Crippen LogP contribution in [0, 0.1) is 0 Å². The highest BCUT2D eigenvalue weighted by molar-refractivity contribution is 7.91. The van der Waals surface area contributed by atoms with Crippen LogP contribution in [0.5, 0.6) is 5.75 Å². The van der Waals surface area contributed by atoms with Gasteiger partial charge >= 0.3 is 6.36 Å². The van der Waals surface area contributed by atoms with Gasteiger partial charge in [-0.1, -0.05) is 66.8 Å². The summed E-state index contributed by atoms with van der Waals surface area (Å²) in [5.74, 6) is -0.364. The normalized spacial score (nSPS) is 24.8. The Morgan fingerprint density at radius 1 is 1.06 bits per heavy atom. The first-order valence-electron chi connectivity index (χ1n) is 12.1. The van der Waals surface area contributed by atoms with Crippen molar-refractivity contribution >= 4 is 10.0 Å². The van der Waals surface area contributed by atoms with Crippen molar-refractivity contribution in [2.24, 2.45) is 0 Å². The maximum Gasteiger partial charge on any atom is 0.573 e. The quantitative estimate of drug-likeness (QED) is 0.442. The van der Waals surface area contributed by atoms with Gasteiger partial charge in [-0.25, -0.2) is 13.1 Å². The van der Waals surface area contributed by atoms with Crippen LogP contribution < -0.4 is 9.46 Å². The standard InChI is InChI=1S/C27H31F3N2O3S/c1-21-6-5-18-32(21)19-17-26(15-13-24(14-16-26)23-7-3-2-4-8-23)36(33,34)31-20-22-9-11-25(12-10-22)35-27(28,29)30/h2-4,7-16,21,24,31H,5-6,17-20H2,1H3. The molecule has 4 rings (SSSR count). The fraction of sp³-hybridized carbons (Fsp3) is 0.407. The summed E-state index contributed by atoms with van der Waals surface area (Å²) >= 11 is 0. The summed E-state index contributed by atoms with van der Waals surface area (Å²) in [4.78, 5) is 2.32. The van der Waals surface area contributed by atoms with Crippen molar-refractivity contribution in [3.63, 3.8) is 0 Å². The van der Waals surface area contributed by atoms with Crippen LogP contribution in [0.4, 0.5) is 13.2 Å². The van der Waals surface area contributed by atoms with Crippen molar-refractivity contribution < 1.29 is 26.3 Å². The second-order valence-electron chi connectivity index (χ2n) is 9.40. The number of ether oxygens (including phenoxy) is 1. The molecule has 1 unspecified atom stereocenters. The van der Waals surface area contributed by atoms with E-state index in [2.05, 4.69) is 21.3 Å². The molecular formula is C27H31F3N2O3S. The Morgan fingerprint density at radius 3 is 2.31 bits per heavy atom. The zero-order valence-corrected chi connectivity index (χ0v) is 20.9. The molecule has 0 saturated carbocycles. The van der Waals surface area contributed by atoms with Gasteiger partial charge in [-0.3, -0.25) is 0 Å². The second-order valence-corrected chi connectivity index (χ2v) is 11.5. The number of hydrogen-bond acceptors (Lipinski definition) is 4. The summed E-state index contributed by atoms with van der Waals surface area (Å²) in [6, 6.07) is 15.5. The van der Waals surface area contributed by atoms with E-state index in [4.69, 9.17) is 0 Å². The maximum atomic E-state index is 13.7. The molecule has 1 aliphatic heterocycles. The van der Waals surface area contributed by atoms with Gasteiger partial charge in [0.05, 0.1) is 0 Å². The number of alkyl halides is 3. The summed E-state index contributed by atoms with van der Waals surface area (Å²) in [7, 11) is -3.86. The van der Waals surface area contributed by atoms with E-state index in [0.29, 0.717) is 24.6 Å². The molecule has 194 valence electrons. The summed E-state index contributed by atoms with van der Waals surface area (Å²) in [5, 5.41) is 0. The van der Waals surface area contributed by atoms with Crippen molar-refractivity contribution in [2.45, 2.75) is 55.8 Å². The second kappa shape index (κ2) is 10.8. The zero-order valence-electron chi connectivity index (χ0n) is 20.1. The predicted octanol–water partition coefficient (Wildman–Crippen LogP) is 5.53. The van der Waals surface area contributed by atoms with E-state index in [0.717, 1.165) is 24.9 Å². The molecule has 2 aromatic rings. The van der Waals surface area contributed by atoms with Gasteiger partial charge in [0.1, 0.15) is 10.5 Å². The average molecular weight is 521 g/mol. The SMILES string of the molecule is CC1CCCN1CCC1(S(=O)(=O)NCc2ccc(OC(F)(F)F)cc2)C=CC(c2ccccc2)C=C1. The van der Waals surface area contributed by atoms with Gasteiger partial charge in [0, 0.05) is 25.0 Å². The smallest absolute Gasteiger partial charge is 0.406 e. The van der Waals surface area contributed by atoms with E-state index in [-0.39, 0.29) is 18.2 Å². The number of halogens is 3. The lowest BCUT2D eigenvalue weighted by Gasteiger charge is -2.33. The Balaban J connectivity index is 1.50. The molecule has 2 aromatic carbocycles. The summed E-state index contributed by atoms with van der Waals surface area (Å²) in [6.45, 7) is 3.73. The molecule has 1 N–H and O–H groups in total. The highest BCUT2D eigenvalue weighted by atomic mass is 32.2. The summed E-state index contributed by atoms with van der Waals surface area (Å²) in [5.41, 5.74) is 1.61. The van der Waals surface area contributed by atoms with Gasteiger partial charge in [0.15, 0.2) is 0 Å². The average Bonchev–Trinajstić information content (AvgIpc) is 3.27. The molecule has 1 saturated heterocycles. The van der Waals surface area contributed by atoms with E-state index >= 15 is 0 Å². The highest BCUT2D eigenvalue weighted by Crippen LogP contribution is 2.35. The van der Waals surface area contributed by atoms with Crippen LogP contribution in [-0.4, -0.2) is 43.6 Å². The Morgan fingerprint density at radius 2 is 1.72 bits per heavy atom. The third-order valence-electron chi connectivity index (χ3n) is 6.96. The maximum absolute atomic E-state index is 13.7. The first-order valence-corrected chi connectivity index (χ1v) is 13.6. The molecule has 1 heterocycles. The fourth-order valence-corrected chi connectivity index (χ4v) is 6.30. The topological polar surface area (TPSA) is 58.6 Å². The van der Waals surface area contributed by atoms with Crippen LogP contribution in [0.3, 0.4) is 0 Å². The number of benzene rings is 2. The van der Waals surface area contributed by atoms with Crippen molar-refractivity contribution in [3.8, 4) is 5.75 Å². The van der Waals surface area contributed by atoms with Crippen molar-refractivity contribution in [1.29, 1.82) is 0 Å². The van der Waals surface area contributed by atoms with Gasteiger partial charge < -0.3 is 9.64 Å². The number of nitrogens with zero attached hydrogens (tertiary/aromatic N) is 1. The van der Waals surface area contributed by atoms with Gasteiger partial charge in [-0.15, -0.1) is 13.2 Å². The molecule has 1 aliphatic carbocycles. The largest absolute Gasteiger partial charge is 0.573 e. The fourth-order valence-electron chi connectivity index (χ4n) is 4.80. The zero-order chi connectivity index (χ0) is 25.8. The number of nitrogens with one attached hydrogen (secondary N) is 1. The minimum atomic E-state index is -4.78. The Bertz CT molecular complexity index is 1160. The molecule has 1 fully saturated rings. The van der Waals surface area contributed by atoms with Crippen LogP contribution in [-0.2, 0) is 16.6 Å². The molecular weight excluding hydrogens is 489 g/mol. The molecule has 9 heteroatoms. The first kappa shape index (κ1) is 26.4. The number of hydrogen-bond donors (Lipinski definition) is 1. The van der Waals surface area contributed by atoms with Crippen LogP contribution in [0.25, 0.3) is 0 Å². The number of sulfonamides is 1. The van der Waals surface area contributed by atoms with Gasteiger partial charge in [0.2, 0.25) is 10.0 Å². The van der Waals surface area contributed by atoms with Crippen LogP contribution in [0.15, 0.2) is 78.9 Å². The molecule has 0 radical (unpaired) electrons. The molecule has 0 amide bonds. The van der Waals surface area contributed by atoms with E-state index in [1.807, 2.05) is 42.5 Å². The van der Waals surface area contributed by atoms with Gasteiger partial charge in [-0.2, -0.15) is 0 Å². The minimum absolute atomic E-state index is 0.0126. The summed E-state index contributed by atoms with van der Waals surface area (Å²) < 4.78 is 69.9. The molecule has 36 heavy (non-hydrogen) atoms. The van der Waals surface area contributed by atoms with Crippen LogP contribution in [0.1, 0.15) is 43.2 Å². The molecule has 0 bridgehead atoms. The first-order chi connectivity index (χ1) is 17.1. The molecule has 2 aliphatic rings. The lowest BCUT2D eigenvalue weighted by molar-refractivity contribution is -0.274. The Labute approximate surface area is 210 Å². The van der Waals surface area contributed by atoms with Crippen molar-refractivity contribution in [2.75, 3.05) is 13.1 Å². The van der Waals surface area contributed by atoms with E-state index in [9.17, 15) is 21.6 Å². The Kier molecular flexibility index (Phi) is 7.92. The van der Waals surface area contributed by atoms with Crippen LogP contribution >= 0.6 is 0 Å². The van der Waals surface area contributed by atoms with E-state index in [1.54, 1.807) is 12.2 Å². The van der Waals surface area contributed by atoms with Crippen molar-refractivity contribution in [1.82, 2.24) is 9.62 Å². The van der Waals surface area contributed by atoms with E-state index in [1.165, 1.54) is 24.3 Å². The van der Waals surface area contributed by atoms with E-state index < -0.39 is 21.1 Å². The number of rotatable bonds is 9. The lowest BCUT2D eigenvalue weighted by atomic mass is 9.89. The van der Waals surface area contributed by atoms with Crippen LogP contribution in [0.2, 0.25) is 0 Å². The predicted molar refractivity (Wildman–Crippen MR) is 134 cm³/mol.